The summed E-state index contributed by atoms with van der Waals surface area (Å²) in [6, 6.07) is 9.18. The van der Waals surface area contributed by atoms with E-state index in [1.807, 2.05) is 0 Å². The Kier molecular flexibility index (Phi) is 4.78. The zero-order valence-corrected chi connectivity index (χ0v) is 14.4. The first-order chi connectivity index (χ1) is 13.2. The van der Waals surface area contributed by atoms with Crippen LogP contribution in [-0.4, -0.2) is 45.6 Å². The van der Waals surface area contributed by atoms with Gasteiger partial charge in [-0.2, -0.15) is 4.98 Å². The molecule has 8 heteroatoms. The van der Waals surface area contributed by atoms with Crippen molar-refractivity contribution in [2.75, 3.05) is 19.7 Å². The molecule has 3 aromatic rings. The molecule has 3 heterocycles. The van der Waals surface area contributed by atoms with E-state index in [1.54, 1.807) is 29.4 Å². The van der Waals surface area contributed by atoms with Gasteiger partial charge in [-0.15, -0.1) is 0 Å². The van der Waals surface area contributed by atoms with Gasteiger partial charge in [0.05, 0.1) is 0 Å². The molecule has 1 unspecified atom stereocenters. The highest BCUT2D eigenvalue weighted by Crippen LogP contribution is 2.27. The molecule has 27 heavy (non-hydrogen) atoms. The highest BCUT2D eigenvalue weighted by Gasteiger charge is 2.30. The smallest absolute Gasteiger partial charge is 0.260 e. The molecule has 0 radical (unpaired) electrons. The van der Waals surface area contributed by atoms with Crippen LogP contribution in [0.1, 0.15) is 18.2 Å². The molecular formula is C19H17FN4O3. The third-order valence-corrected chi connectivity index (χ3v) is 4.45. The van der Waals surface area contributed by atoms with Crippen LogP contribution >= 0.6 is 0 Å². The van der Waals surface area contributed by atoms with Gasteiger partial charge in [0, 0.05) is 37.0 Å². The van der Waals surface area contributed by atoms with Crippen LogP contribution in [0.25, 0.3) is 11.5 Å². The van der Waals surface area contributed by atoms with E-state index in [2.05, 4.69) is 15.1 Å². The van der Waals surface area contributed by atoms with Gasteiger partial charge in [-0.1, -0.05) is 5.16 Å². The van der Waals surface area contributed by atoms with Gasteiger partial charge in [0.1, 0.15) is 11.6 Å². The van der Waals surface area contributed by atoms with Crippen LogP contribution in [-0.2, 0) is 4.79 Å². The predicted octanol–water partition coefficient (Wildman–Crippen LogP) is 2.67. The molecule has 1 fully saturated rings. The van der Waals surface area contributed by atoms with Crippen LogP contribution in [0.3, 0.4) is 0 Å². The highest BCUT2D eigenvalue weighted by molar-refractivity contribution is 5.78. The number of amides is 1. The van der Waals surface area contributed by atoms with Crippen molar-refractivity contribution in [3.63, 3.8) is 0 Å². The van der Waals surface area contributed by atoms with Gasteiger partial charge in [-0.25, -0.2) is 4.39 Å². The lowest BCUT2D eigenvalue weighted by molar-refractivity contribution is -0.132. The van der Waals surface area contributed by atoms with Gasteiger partial charge in [-0.3, -0.25) is 9.78 Å². The molecule has 1 aliphatic rings. The SMILES string of the molecule is O=C(COc1ccc(F)cc1)N1CCC(c2noc(-c3ccncc3)n2)C1. The molecule has 4 rings (SSSR count). The molecule has 0 spiro atoms. The molecule has 0 aliphatic carbocycles. The molecule has 2 aromatic heterocycles. The molecule has 0 N–H and O–H groups in total. The van der Waals surface area contributed by atoms with Crippen LogP contribution in [0, 0.1) is 5.82 Å². The third-order valence-electron chi connectivity index (χ3n) is 4.45. The van der Waals surface area contributed by atoms with E-state index >= 15 is 0 Å². The minimum Gasteiger partial charge on any atom is -0.484 e. The second-order valence-electron chi connectivity index (χ2n) is 6.26. The highest BCUT2D eigenvalue weighted by atomic mass is 19.1. The fourth-order valence-corrected chi connectivity index (χ4v) is 2.98. The Morgan fingerprint density at radius 1 is 1.22 bits per heavy atom. The number of rotatable bonds is 5. The number of aromatic nitrogens is 3. The van der Waals surface area contributed by atoms with Crippen LogP contribution in [0.15, 0.2) is 53.3 Å². The maximum absolute atomic E-state index is 12.9. The molecule has 1 amide bonds. The van der Waals surface area contributed by atoms with Crippen LogP contribution in [0.5, 0.6) is 5.75 Å². The first kappa shape index (κ1) is 17.1. The number of carbonyl (C=O) groups is 1. The van der Waals surface area contributed by atoms with E-state index < -0.39 is 0 Å². The lowest BCUT2D eigenvalue weighted by atomic mass is 10.1. The minimum absolute atomic E-state index is 0.0270. The molecule has 1 atom stereocenters. The molecule has 1 saturated heterocycles. The largest absolute Gasteiger partial charge is 0.484 e. The first-order valence-corrected chi connectivity index (χ1v) is 8.59. The number of carbonyl (C=O) groups excluding carboxylic acids is 1. The Bertz CT molecular complexity index is 914. The Morgan fingerprint density at radius 2 is 2.00 bits per heavy atom. The maximum atomic E-state index is 12.9. The standard InChI is InChI=1S/C19H17FN4O3/c20-15-1-3-16(4-2-15)26-12-17(25)24-10-7-14(11-24)18-22-19(27-23-18)13-5-8-21-9-6-13/h1-6,8-9,14H,7,10-12H2. The van der Waals surface area contributed by atoms with Gasteiger partial charge in [0.15, 0.2) is 12.4 Å². The van der Waals surface area contributed by atoms with Crippen molar-refractivity contribution in [2.45, 2.75) is 12.3 Å². The van der Waals surface area contributed by atoms with E-state index in [9.17, 15) is 9.18 Å². The van der Waals surface area contributed by atoms with Crippen LogP contribution in [0.4, 0.5) is 4.39 Å². The normalized spacial score (nSPS) is 16.5. The summed E-state index contributed by atoms with van der Waals surface area (Å²) in [5.74, 6) is 1.05. The number of nitrogens with zero attached hydrogens (tertiary/aromatic N) is 4. The van der Waals surface area contributed by atoms with Gasteiger partial charge in [0.2, 0.25) is 0 Å². The average molecular weight is 368 g/mol. The first-order valence-electron chi connectivity index (χ1n) is 8.59. The zero-order chi connectivity index (χ0) is 18.6. The lowest BCUT2D eigenvalue weighted by Crippen LogP contribution is -2.32. The van der Waals surface area contributed by atoms with Gasteiger partial charge >= 0.3 is 0 Å². The summed E-state index contributed by atoms with van der Waals surface area (Å²) in [5.41, 5.74) is 0.808. The Hall–Kier alpha value is -3.29. The monoisotopic (exact) mass is 368 g/mol. The van der Waals surface area contributed by atoms with Crippen molar-refractivity contribution in [3.05, 3.63) is 60.4 Å². The van der Waals surface area contributed by atoms with E-state index in [0.717, 1.165) is 12.0 Å². The minimum atomic E-state index is -0.345. The number of likely N-dealkylation sites (tertiary alicyclic amines) is 1. The van der Waals surface area contributed by atoms with Crippen LogP contribution in [0.2, 0.25) is 0 Å². The van der Waals surface area contributed by atoms with E-state index in [4.69, 9.17) is 9.26 Å². The van der Waals surface area contributed by atoms with Gasteiger partial charge < -0.3 is 14.2 Å². The van der Waals surface area contributed by atoms with Gasteiger partial charge in [-0.05, 0) is 42.8 Å². The fraction of sp³-hybridized carbons (Fsp3) is 0.263. The maximum Gasteiger partial charge on any atom is 0.260 e. The molecule has 1 aromatic carbocycles. The summed E-state index contributed by atoms with van der Waals surface area (Å²) in [5, 5.41) is 4.06. The fourth-order valence-electron chi connectivity index (χ4n) is 2.98. The molecule has 0 saturated carbocycles. The second-order valence-corrected chi connectivity index (χ2v) is 6.26. The lowest BCUT2D eigenvalue weighted by Gasteiger charge is -2.16. The number of benzene rings is 1. The average Bonchev–Trinajstić information content (AvgIpc) is 3.37. The Morgan fingerprint density at radius 3 is 2.78 bits per heavy atom. The molecule has 7 nitrogen and oxygen atoms in total. The van der Waals surface area contributed by atoms with Crippen molar-refractivity contribution in [2.24, 2.45) is 0 Å². The number of halogens is 1. The number of hydrogen-bond donors (Lipinski definition) is 0. The number of ether oxygens (including phenoxy) is 1. The topological polar surface area (TPSA) is 81.4 Å². The zero-order valence-electron chi connectivity index (χ0n) is 14.4. The van der Waals surface area contributed by atoms with Crippen molar-refractivity contribution in [1.29, 1.82) is 0 Å². The second kappa shape index (κ2) is 7.53. The summed E-state index contributed by atoms with van der Waals surface area (Å²) in [4.78, 5) is 22.5. The molecule has 0 bridgehead atoms. The van der Waals surface area contributed by atoms with Crippen molar-refractivity contribution in [1.82, 2.24) is 20.0 Å². The molecule has 138 valence electrons. The predicted molar refractivity (Wildman–Crippen MR) is 93.4 cm³/mol. The van der Waals surface area contributed by atoms with Crippen molar-refractivity contribution in [3.8, 4) is 17.2 Å². The number of hydrogen-bond acceptors (Lipinski definition) is 6. The summed E-state index contributed by atoms with van der Waals surface area (Å²) < 4.78 is 23.6. The van der Waals surface area contributed by atoms with E-state index in [-0.39, 0.29) is 24.2 Å². The van der Waals surface area contributed by atoms with Crippen molar-refractivity contribution < 1.29 is 18.4 Å². The van der Waals surface area contributed by atoms with Gasteiger partial charge in [0.25, 0.3) is 11.8 Å². The summed E-state index contributed by atoms with van der Waals surface area (Å²) >= 11 is 0. The molecule has 1 aliphatic heterocycles. The van der Waals surface area contributed by atoms with E-state index in [1.165, 1.54) is 24.3 Å². The number of pyridine rings is 1. The van der Waals surface area contributed by atoms with Crippen LogP contribution < -0.4 is 4.74 Å². The summed E-state index contributed by atoms with van der Waals surface area (Å²) in [7, 11) is 0. The van der Waals surface area contributed by atoms with E-state index in [0.29, 0.717) is 30.6 Å². The summed E-state index contributed by atoms with van der Waals surface area (Å²) in [6.45, 7) is 1.03. The Balaban J connectivity index is 1.34. The Labute approximate surface area is 154 Å². The quantitative estimate of drug-likeness (QED) is 0.689. The third kappa shape index (κ3) is 3.94. The molecular weight excluding hydrogens is 351 g/mol. The van der Waals surface area contributed by atoms with Crippen molar-refractivity contribution >= 4 is 5.91 Å². The summed E-state index contributed by atoms with van der Waals surface area (Å²) in [6.07, 6.45) is 4.09.